The van der Waals surface area contributed by atoms with Gasteiger partial charge >= 0.3 is 0 Å². The zero-order chi connectivity index (χ0) is 17.1. The van der Waals surface area contributed by atoms with Crippen molar-refractivity contribution in [2.75, 3.05) is 12.4 Å². The average Bonchev–Trinajstić information content (AvgIpc) is 3.13. The summed E-state index contributed by atoms with van der Waals surface area (Å²) in [4.78, 5) is 17.6. The van der Waals surface area contributed by atoms with Gasteiger partial charge in [0.1, 0.15) is 12.2 Å². The number of hydrogen-bond acceptors (Lipinski definition) is 7. The standard InChI is InChI=1S/C16H16N4O3S/c1-9-15(11-4-6-12(22-3)7-5-11)18-16(24-9)17-13(21)8-14-20-19-10(2)23-14/h4-7H,8H2,1-3H3,(H,17,18,21). The smallest absolute Gasteiger partial charge is 0.235 e. The van der Waals surface area contributed by atoms with Crippen LogP contribution >= 0.6 is 11.3 Å². The summed E-state index contributed by atoms with van der Waals surface area (Å²) in [5.41, 5.74) is 1.81. The Bertz CT molecular complexity index is 855. The molecule has 124 valence electrons. The maximum absolute atomic E-state index is 12.0. The van der Waals surface area contributed by atoms with E-state index in [1.807, 2.05) is 31.2 Å². The van der Waals surface area contributed by atoms with Gasteiger partial charge in [0.15, 0.2) is 5.13 Å². The summed E-state index contributed by atoms with van der Waals surface area (Å²) in [6.07, 6.45) is 0.0251. The van der Waals surface area contributed by atoms with E-state index in [4.69, 9.17) is 9.15 Å². The Morgan fingerprint density at radius 1 is 1.25 bits per heavy atom. The number of anilines is 1. The third-order valence-corrected chi connectivity index (χ3v) is 4.17. The van der Waals surface area contributed by atoms with Gasteiger partial charge in [-0.3, -0.25) is 4.79 Å². The molecule has 0 atom stereocenters. The number of nitrogens with one attached hydrogen (secondary N) is 1. The number of aromatic nitrogens is 3. The van der Waals surface area contributed by atoms with Crippen LogP contribution in [0.1, 0.15) is 16.7 Å². The summed E-state index contributed by atoms with van der Waals surface area (Å²) in [6.45, 7) is 3.65. The zero-order valence-electron chi connectivity index (χ0n) is 13.5. The van der Waals surface area contributed by atoms with E-state index in [-0.39, 0.29) is 18.2 Å². The van der Waals surface area contributed by atoms with E-state index in [0.29, 0.717) is 11.0 Å². The van der Waals surface area contributed by atoms with Crippen LogP contribution in [0.5, 0.6) is 5.75 Å². The Morgan fingerprint density at radius 2 is 2.00 bits per heavy atom. The van der Waals surface area contributed by atoms with E-state index in [1.54, 1.807) is 14.0 Å². The summed E-state index contributed by atoms with van der Waals surface area (Å²) in [7, 11) is 1.63. The highest BCUT2D eigenvalue weighted by molar-refractivity contribution is 7.16. The van der Waals surface area contributed by atoms with Gasteiger partial charge in [0.05, 0.1) is 12.8 Å². The summed E-state index contributed by atoms with van der Waals surface area (Å²) in [5, 5.41) is 10.8. The lowest BCUT2D eigenvalue weighted by atomic mass is 10.1. The molecule has 7 nitrogen and oxygen atoms in total. The highest BCUT2D eigenvalue weighted by atomic mass is 32.1. The van der Waals surface area contributed by atoms with Crippen molar-refractivity contribution in [1.29, 1.82) is 0 Å². The second-order valence-corrected chi connectivity index (χ2v) is 6.30. The molecule has 3 aromatic rings. The largest absolute Gasteiger partial charge is 0.497 e. The predicted octanol–water partition coefficient (Wildman–Crippen LogP) is 3.00. The van der Waals surface area contributed by atoms with Crippen LogP contribution in [0, 0.1) is 13.8 Å². The number of carbonyl (C=O) groups excluding carboxylic acids is 1. The number of nitrogens with zero attached hydrogens (tertiary/aromatic N) is 3. The van der Waals surface area contributed by atoms with Crippen molar-refractivity contribution in [2.45, 2.75) is 20.3 Å². The highest BCUT2D eigenvalue weighted by Gasteiger charge is 2.14. The topological polar surface area (TPSA) is 90.1 Å². The minimum Gasteiger partial charge on any atom is -0.497 e. The van der Waals surface area contributed by atoms with Gasteiger partial charge in [0, 0.05) is 17.4 Å². The molecule has 0 fully saturated rings. The van der Waals surface area contributed by atoms with Crippen LogP contribution in [0.15, 0.2) is 28.7 Å². The van der Waals surface area contributed by atoms with Crippen LogP contribution in [-0.4, -0.2) is 28.2 Å². The Balaban J connectivity index is 1.72. The number of carbonyl (C=O) groups is 1. The summed E-state index contributed by atoms with van der Waals surface area (Å²) in [5.74, 6) is 1.27. The molecule has 0 aliphatic rings. The van der Waals surface area contributed by atoms with Gasteiger partial charge < -0.3 is 14.5 Å². The van der Waals surface area contributed by atoms with Crippen LogP contribution in [0.25, 0.3) is 11.3 Å². The Labute approximate surface area is 142 Å². The number of hydrogen-bond donors (Lipinski definition) is 1. The number of rotatable bonds is 5. The molecule has 2 aromatic heterocycles. The molecule has 2 heterocycles. The molecule has 0 spiro atoms. The summed E-state index contributed by atoms with van der Waals surface area (Å²) < 4.78 is 10.4. The van der Waals surface area contributed by atoms with Crippen LogP contribution in [0.3, 0.4) is 0 Å². The van der Waals surface area contributed by atoms with Crippen LogP contribution < -0.4 is 10.1 Å². The number of aryl methyl sites for hydroxylation is 2. The lowest BCUT2D eigenvalue weighted by Gasteiger charge is -2.01. The van der Waals surface area contributed by atoms with Gasteiger partial charge in [-0.25, -0.2) is 4.98 Å². The molecular weight excluding hydrogens is 328 g/mol. The van der Waals surface area contributed by atoms with Gasteiger partial charge in [-0.15, -0.1) is 21.5 Å². The first-order valence-electron chi connectivity index (χ1n) is 7.26. The van der Waals surface area contributed by atoms with E-state index in [9.17, 15) is 4.79 Å². The lowest BCUT2D eigenvalue weighted by molar-refractivity contribution is -0.115. The van der Waals surface area contributed by atoms with Crippen molar-refractivity contribution in [3.63, 3.8) is 0 Å². The van der Waals surface area contributed by atoms with Crippen molar-refractivity contribution in [3.05, 3.63) is 40.9 Å². The molecule has 0 aliphatic carbocycles. The van der Waals surface area contributed by atoms with Gasteiger partial charge in [0.25, 0.3) is 0 Å². The molecule has 0 radical (unpaired) electrons. The third-order valence-electron chi connectivity index (χ3n) is 3.29. The van der Waals surface area contributed by atoms with E-state index in [0.717, 1.165) is 21.9 Å². The molecule has 1 aromatic carbocycles. The van der Waals surface area contributed by atoms with Crippen molar-refractivity contribution >= 4 is 22.4 Å². The Kier molecular flexibility index (Phi) is 4.57. The molecule has 0 saturated heterocycles. The van der Waals surface area contributed by atoms with Gasteiger partial charge in [-0.1, -0.05) is 0 Å². The summed E-state index contributed by atoms with van der Waals surface area (Å²) >= 11 is 1.42. The predicted molar refractivity (Wildman–Crippen MR) is 90.2 cm³/mol. The fourth-order valence-corrected chi connectivity index (χ4v) is 3.03. The van der Waals surface area contributed by atoms with E-state index in [1.165, 1.54) is 11.3 Å². The monoisotopic (exact) mass is 344 g/mol. The normalized spacial score (nSPS) is 10.6. The minimum atomic E-state index is -0.242. The van der Waals surface area contributed by atoms with Crippen LogP contribution in [0.2, 0.25) is 0 Å². The maximum Gasteiger partial charge on any atom is 0.235 e. The number of ether oxygens (including phenoxy) is 1. The van der Waals surface area contributed by atoms with E-state index in [2.05, 4.69) is 20.5 Å². The molecule has 3 rings (SSSR count). The summed E-state index contributed by atoms with van der Waals surface area (Å²) in [6, 6.07) is 7.63. The molecule has 1 N–H and O–H groups in total. The number of amides is 1. The second kappa shape index (κ2) is 6.79. The lowest BCUT2D eigenvalue weighted by Crippen LogP contribution is -2.14. The Morgan fingerprint density at radius 3 is 2.62 bits per heavy atom. The quantitative estimate of drug-likeness (QED) is 0.765. The molecule has 0 unspecified atom stereocenters. The van der Waals surface area contributed by atoms with Crippen LogP contribution in [-0.2, 0) is 11.2 Å². The zero-order valence-corrected chi connectivity index (χ0v) is 14.3. The van der Waals surface area contributed by atoms with Gasteiger partial charge in [0.2, 0.25) is 17.7 Å². The first kappa shape index (κ1) is 16.1. The second-order valence-electron chi connectivity index (χ2n) is 5.09. The van der Waals surface area contributed by atoms with Crippen molar-refractivity contribution in [1.82, 2.24) is 15.2 Å². The first-order chi connectivity index (χ1) is 11.5. The van der Waals surface area contributed by atoms with E-state index < -0.39 is 0 Å². The molecule has 1 amide bonds. The molecule has 24 heavy (non-hydrogen) atoms. The Hall–Kier alpha value is -2.74. The van der Waals surface area contributed by atoms with Crippen molar-refractivity contribution < 1.29 is 13.9 Å². The van der Waals surface area contributed by atoms with Crippen LogP contribution in [0.4, 0.5) is 5.13 Å². The average molecular weight is 344 g/mol. The molecular formula is C16H16N4O3S. The van der Waals surface area contributed by atoms with E-state index >= 15 is 0 Å². The minimum absolute atomic E-state index is 0.0251. The van der Waals surface area contributed by atoms with Crippen molar-refractivity contribution in [3.8, 4) is 17.0 Å². The number of methoxy groups -OCH3 is 1. The molecule has 8 heteroatoms. The fourth-order valence-electron chi connectivity index (χ4n) is 2.18. The fraction of sp³-hybridized carbons (Fsp3) is 0.250. The number of thiazole rings is 1. The van der Waals surface area contributed by atoms with Crippen molar-refractivity contribution in [2.24, 2.45) is 0 Å². The SMILES string of the molecule is COc1ccc(-c2nc(NC(=O)Cc3nnc(C)o3)sc2C)cc1. The van der Waals surface area contributed by atoms with Gasteiger partial charge in [-0.2, -0.15) is 0 Å². The molecule has 0 aliphatic heterocycles. The first-order valence-corrected chi connectivity index (χ1v) is 8.07. The third kappa shape index (κ3) is 3.60. The number of benzene rings is 1. The molecule has 0 saturated carbocycles. The van der Waals surface area contributed by atoms with Gasteiger partial charge in [-0.05, 0) is 31.2 Å². The maximum atomic E-state index is 12.0. The highest BCUT2D eigenvalue weighted by Crippen LogP contribution is 2.31. The molecule has 0 bridgehead atoms.